The summed E-state index contributed by atoms with van der Waals surface area (Å²) in [7, 11) is 3.36. The number of anilines is 1. The summed E-state index contributed by atoms with van der Waals surface area (Å²) in [5, 5.41) is 0. The van der Waals surface area contributed by atoms with Gasteiger partial charge in [0.1, 0.15) is 12.4 Å². The number of nitrogens with two attached hydrogens (primary N) is 1. The summed E-state index contributed by atoms with van der Waals surface area (Å²) in [6.07, 6.45) is 0. The Morgan fingerprint density at radius 3 is 2.37 bits per heavy atom. The smallest absolute Gasteiger partial charge is 0.242 e. The summed E-state index contributed by atoms with van der Waals surface area (Å²) in [6, 6.07) is 4.48. The van der Waals surface area contributed by atoms with Crippen molar-refractivity contribution in [3.05, 3.63) is 18.2 Å². The van der Waals surface area contributed by atoms with Crippen molar-refractivity contribution < 1.29 is 13.2 Å². The van der Waals surface area contributed by atoms with Crippen molar-refractivity contribution in [1.29, 1.82) is 0 Å². The van der Waals surface area contributed by atoms with Crippen LogP contribution in [0.1, 0.15) is 0 Å². The predicted octanol–water partition coefficient (Wildman–Crippen LogP) is 0.460. The summed E-state index contributed by atoms with van der Waals surface area (Å²) in [5.74, 6) is 0.393. The number of rotatable bonds is 6. The minimum Gasteiger partial charge on any atom is -0.490 e. The first-order chi connectivity index (χ1) is 8.75. The van der Waals surface area contributed by atoms with Crippen LogP contribution in [0.5, 0.6) is 5.75 Å². The molecule has 19 heavy (non-hydrogen) atoms. The number of nitrogens with zero attached hydrogens (tertiary/aromatic N) is 2. The lowest BCUT2D eigenvalue weighted by Gasteiger charge is -2.15. The summed E-state index contributed by atoms with van der Waals surface area (Å²) in [4.78, 5) is 2.14. The Bertz CT molecular complexity index is 527. The first kappa shape index (κ1) is 15.7. The van der Waals surface area contributed by atoms with Crippen LogP contribution in [-0.4, -0.2) is 59.0 Å². The van der Waals surface area contributed by atoms with Crippen LogP contribution in [0.2, 0.25) is 0 Å². The van der Waals surface area contributed by atoms with Gasteiger partial charge in [0.15, 0.2) is 0 Å². The van der Waals surface area contributed by atoms with Crippen LogP contribution in [0.25, 0.3) is 0 Å². The predicted molar refractivity (Wildman–Crippen MR) is 75.8 cm³/mol. The molecular weight excluding hydrogens is 266 g/mol. The molecule has 0 aliphatic carbocycles. The van der Waals surface area contributed by atoms with Gasteiger partial charge in [-0.25, -0.2) is 12.7 Å². The van der Waals surface area contributed by atoms with E-state index in [1.165, 1.54) is 26.2 Å². The molecule has 108 valence electrons. The molecule has 0 spiro atoms. The number of hydrogen-bond donors (Lipinski definition) is 1. The van der Waals surface area contributed by atoms with Gasteiger partial charge in [0, 0.05) is 26.7 Å². The zero-order valence-electron chi connectivity index (χ0n) is 11.8. The van der Waals surface area contributed by atoms with Gasteiger partial charge in [0.25, 0.3) is 0 Å². The highest BCUT2D eigenvalue weighted by molar-refractivity contribution is 7.89. The molecule has 0 heterocycles. The van der Waals surface area contributed by atoms with Crippen molar-refractivity contribution in [2.75, 3.05) is 47.1 Å². The van der Waals surface area contributed by atoms with Crippen LogP contribution in [-0.2, 0) is 10.0 Å². The maximum Gasteiger partial charge on any atom is 0.242 e. The molecule has 2 N–H and O–H groups in total. The molecule has 0 bridgehead atoms. The number of hydrogen-bond acceptors (Lipinski definition) is 5. The lowest BCUT2D eigenvalue weighted by Crippen LogP contribution is -2.22. The number of benzene rings is 1. The van der Waals surface area contributed by atoms with Gasteiger partial charge in [0.05, 0.1) is 10.6 Å². The van der Waals surface area contributed by atoms with Crippen LogP contribution in [0, 0.1) is 0 Å². The molecule has 0 saturated heterocycles. The monoisotopic (exact) mass is 287 g/mol. The molecule has 0 aromatic heterocycles. The van der Waals surface area contributed by atoms with E-state index in [0.29, 0.717) is 18.0 Å². The van der Waals surface area contributed by atoms with Crippen molar-refractivity contribution >= 4 is 15.7 Å². The van der Waals surface area contributed by atoms with Gasteiger partial charge in [-0.1, -0.05) is 0 Å². The largest absolute Gasteiger partial charge is 0.490 e. The molecule has 0 unspecified atom stereocenters. The fourth-order valence-corrected chi connectivity index (χ4v) is 2.27. The van der Waals surface area contributed by atoms with Gasteiger partial charge in [-0.2, -0.15) is 0 Å². The second-order valence-electron chi connectivity index (χ2n) is 4.64. The van der Waals surface area contributed by atoms with Crippen molar-refractivity contribution in [3.63, 3.8) is 0 Å². The number of nitrogen functional groups attached to an aromatic ring is 1. The van der Waals surface area contributed by atoms with Gasteiger partial charge < -0.3 is 15.4 Å². The fraction of sp³-hybridized carbons (Fsp3) is 0.500. The molecule has 0 amide bonds. The Kier molecular flexibility index (Phi) is 5.16. The first-order valence-corrected chi connectivity index (χ1v) is 7.28. The van der Waals surface area contributed by atoms with Gasteiger partial charge in [-0.15, -0.1) is 0 Å². The summed E-state index contributed by atoms with van der Waals surface area (Å²) in [6.45, 7) is 1.17. The standard InChI is InChI=1S/C12H21N3O3S/c1-14(2)7-8-18-12-9-10(5-6-11(12)13)19(16,17)15(3)4/h5-6,9H,7-8,13H2,1-4H3. The average molecular weight is 287 g/mol. The van der Waals surface area contributed by atoms with E-state index in [0.717, 1.165) is 10.8 Å². The molecule has 0 fully saturated rings. The highest BCUT2D eigenvalue weighted by atomic mass is 32.2. The van der Waals surface area contributed by atoms with E-state index in [-0.39, 0.29) is 4.90 Å². The second-order valence-corrected chi connectivity index (χ2v) is 6.79. The Morgan fingerprint density at radius 1 is 1.21 bits per heavy atom. The molecule has 1 aromatic carbocycles. The van der Waals surface area contributed by atoms with Gasteiger partial charge in [-0.3, -0.25) is 0 Å². The molecule has 6 nitrogen and oxygen atoms in total. The van der Waals surface area contributed by atoms with E-state index in [1.54, 1.807) is 6.07 Å². The van der Waals surface area contributed by atoms with Crippen molar-refractivity contribution in [2.45, 2.75) is 4.90 Å². The van der Waals surface area contributed by atoms with E-state index in [2.05, 4.69) is 0 Å². The molecule has 1 aromatic rings. The molecule has 0 radical (unpaired) electrons. The van der Waals surface area contributed by atoms with Gasteiger partial charge >= 0.3 is 0 Å². The topological polar surface area (TPSA) is 75.9 Å². The Labute approximate surface area is 114 Å². The molecule has 0 atom stereocenters. The van der Waals surface area contributed by atoms with E-state index >= 15 is 0 Å². The maximum absolute atomic E-state index is 12.0. The van der Waals surface area contributed by atoms with Gasteiger partial charge in [-0.05, 0) is 26.2 Å². The van der Waals surface area contributed by atoms with Crippen molar-refractivity contribution in [1.82, 2.24) is 9.21 Å². The Hall–Kier alpha value is -1.31. The minimum absolute atomic E-state index is 0.173. The van der Waals surface area contributed by atoms with Crippen LogP contribution in [0.15, 0.2) is 23.1 Å². The second kappa shape index (κ2) is 6.23. The summed E-state index contributed by atoms with van der Waals surface area (Å²) >= 11 is 0. The molecule has 0 saturated carbocycles. The van der Waals surface area contributed by atoms with E-state index in [1.807, 2.05) is 19.0 Å². The highest BCUT2D eigenvalue weighted by Gasteiger charge is 2.18. The lowest BCUT2D eigenvalue weighted by atomic mass is 10.3. The normalized spacial score (nSPS) is 12.1. The number of likely N-dealkylation sites (N-methyl/N-ethyl adjacent to an activating group) is 1. The van der Waals surface area contributed by atoms with E-state index < -0.39 is 10.0 Å². The van der Waals surface area contributed by atoms with E-state index in [4.69, 9.17) is 10.5 Å². The Balaban J connectivity index is 2.95. The zero-order valence-corrected chi connectivity index (χ0v) is 12.6. The third kappa shape index (κ3) is 4.09. The summed E-state index contributed by atoms with van der Waals surface area (Å²) in [5.41, 5.74) is 6.21. The highest BCUT2D eigenvalue weighted by Crippen LogP contribution is 2.26. The third-order valence-corrected chi connectivity index (χ3v) is 4.37. The van der Waals surface area contributed by atoms with Crippen molar-refractivity contribution in [3.8, 4) is 5.75 Å². The first-order valence-electron chi connectivity index (χ1n) is 5.84. The molecule has 0 aliphatic heterocycles. The SMILES string of the molecule is CN(C)CCOc1cc(S(=O)(=O)N(C)C)ccc1N. The average Bonchev–Trinajstić information content (AvgIpc) is 2.30. The zero-order chi connectivity index (χ0) is 14.6. The molecular formula is C12H21N3O3S. The Morgan fingerprint density at radius 2 is 1.84 bits per heavy atom. The van der Waals surface area contributed by atoms with Crippen LogP contribution < -0.4 is 10.5 Å². The number of ether oxygens (including phenoxy) is 1. The van der Waals surface area contributed by atoms with Crippen LogP contribution in [0.3, 0.4) is 0 Å². The lowest BCUT2D eigenvalue weighted by molar-refractivity contribution is 0.262. The van der Waals surface area contributed by atoms with Crippen LogP contribution in [0.4, 0.5) is 5.69 Å². The minimum atomic E-state index is -3.47. The van der Waals surface area contributed by atoms with Gasteiger partial charge in [0.2, 0.25) is 10.0 Å². The molecule has 1 rings (SSSR count). The molecule has 7 heteroatoms. The molecule has 0 aliphatic rings. The van der Waals surface area contributed by atoms with E-state index in [9.17, 15) is 8.42 Å². The fourth-order valence-electron chi connectivity index (χ4n) is 1.35. The van der Waals surface area contributed by atoms with Crippen LogP contribution >= 0.6 is 0 Å². The summed E-state index contributed by atoms with van der Waals surface area (Å²) < 4.78 is 30.7. The van der Waals surface area contributed by atoms with Crippen molar-refractivity contribution in [2.24, 2.45) is 0 Å². The quantitative estimate of drug-likeness (QED) is 0.769. The third-order valence-electron chi connectivity index (χ3n) is 2.56. The maximum atomic E-state index is 12.0. The number of sulfonamides is 1.